The molecule has 0 heterocycles. The van der Waals surface area contributed by atoms with Crippen LogP contribution in [-0.4, -0.2) is 21.0 Å². The minimum Gasteiger partial charge on any atom is -0.310 e. The molecule has 0 spiro atoms. The summed E-state index contributed by atoms with van der Waals surface area (Å²) in [5.74, 6) is 0. The predicted molar refractivity (Wildman–Crippen MR) is 81.0 cm³/mol. The summed E-state index contributed by atoms with van der Waals surface area (Å²) in [5.41, 5.74) is 1.02. The zero-order chi connectivity index (χ0) is 14.4. The third-order valence-corrected chi connectivity index (χ3v) is 4.91. The molecule has 0 radical (unpaired) electrons. The Morgan fingerprint density at radius 2 is 2.05 bits per heavy atom. The highest BCUT2D eigenvalue weighted by Crippen LogP contribution is 2.19. The molecule has 0 amide bonds. The van der Waals surface area contributed by atoms with Gasteiger partial charge in [-0.25, -0.2) is 13.1 Å². The second kappa shape index (κ2) is 7.20. The Labute approximate surface area is 122 Å². The van der Waals surface area contributed by atoms with E-state index in [2.05, 4.69) is 17.0 Å². The van der Waals surface area contributed by atoms with Gasteiger partial charge in [-0.3, -0.25) is 0 Å². The van der Waals surface area contributed by atoms with Crippen molar-refractivity contribution in [2.75, 3.05) is 6.54 Å². The third-order valence-electron chi connectivity index (χ3n) is 3.45. The van der Waals surface area contributed by atoms with Crippen molar-refractivity contribution >= 4 is 10.0 Å². The molecule has 1 saturated carbocycles. The van der Waals surface area contributed by atoms with E-state index in [1.54, 1.807) is 12.1 Å². The summed E-state index contributed by atoms with van der Waals surface area (Å²) in [6.07, 6.45) is 5.49. The van der Waals surface area contributed by atoms with Crippen LogP contribution in [-0.2, 0) is 16.6 Å². The van der Waals surface area contributed by atoms with Gasteiger partial charge in [0.15, 0.2) is 0 Å². The van der Waals surface area contributed by atoms with Gasteiger partial charge in [-0.1, -0.05) is 31.9 Å². The van der Waals surface area contributed by atoms with E-state index >= 15 is 0 Å². The molecule has 0 saturated heterocycles. The van der Waals surface area contributed by atoms with Crippen LogP contribution in [0.2, 0.25) is 0 Å². The predicted octanol–water partition coefficient (Wildman–Crippen LogP) is 2.41. The Hall–Kier alpha value is -0.910. The lowest BCUT2D eigenvalue weighted by molar-refractivity contribution is 0.575. The summed E-state index contributed by atoms with van der Waals surface area (Å²) in [6, 6.07) is 7.82. The van der Waals surface area contributed by atoms with Crippen LogP contribution < -0.4 is 10.0 Å². The number of sulfonamides is 1. The Balaban J connectivity index is 1.93. The van der Waals surface area contributed by atoms with Crippen LogP contribution in [0.15, 0.2) is 29.2 Å². The smallest absolute Gasteiger partial charge is 0.240 e. The van der Waals surface area contributed by atoms with Crippen molar-refractivity contribution in [1.82, 2.24) is 10.0 Å². The van der Waals surface area contributed by atoms with E-state index in [1.807, 2.05) is 12.1 Å². The molecule has 4 nitrogen and oxygen atoms in total. The molecule has 1 aromatic carbocycles. The first-order valence-electron chi connectivity index (χ1n) is 7.44. The van der Waals surface area contributed by atoms with Gasteiger partial charge in [-0.2, -0.15) is 0 Å². The van der Waals surface area contributed by atoms with E-state index in [-0.39, 0.29) is 0 Å². The largest absolute Gasteiger partial charge is 0.310 e. The molecular weight excluding hydrogens is 272 g/mol. The molecule has 0 bridgehead atoms. The zero-order valence-electron chi connectivity index (χ0n) is 12.1. The van der Waals surface area contributed by atoms with E-state index < -0.39 is 10.0 Å². The first kappa shape index (κ1) is 15.5. The van der Waals surface area contributed by atoms with Crippen molar-refractivity contribution in [3.8, 4) is 0 Å². The van der Waals surface area contributed by atoms with E-state index in [1.165, 1.54) is 12.8 Å². The van der Waals surface area contributed by atoms with E-state index in [0.29, 0.717) is 17.5 Å². The van der Waals surface area contributed by atoms with Crippen molar-refractivity contribution in [3.63, 3.8) is 0 Å². The van der Waals surface area contributed by atoms with Crippen LogP contribution in [0, 0.1) is 0 Å². The van der Waals surface area contributed by atoms with Crippen molar-refractivity contribution in [2.45, 2.75) is 56.5 Å². The standard InChI is InChI=1S/C15H24N2O2S/c1-2-3-4-10-17-20(18,19)15-7-5-6-13(11-15)12-16-14-8-9-14/h5-7,11,14,16-17H,2-4,8-10,12H2,1H3. The van der Waals surface area contributed by atoms with Crippen LogP contribution in [0.5, 0.6) is 0 Å². The molecule has 20 heavy (non-hydrogen) atoms. The maximum Gasteiger partial charge on any atom is 0.240 e. The van der Waals surface area contributed by atoms with E-state index in [9.17, 15) is 8.42 Å². The third kappa shape index (κ3) is 4.89. The molecular formula is C15H24N2O2S. The molecule has 0 unspecified atom stereocenters. The average molecular weight is 296 g/mol. The molecule has 1 aliphatic carbocycles. The number of rotatable bonds is 9. The van der Waals surface area contributed by atoms with Crippen LogP contribution in [0.1, 0.15) is 44.6 Å². The normalized spacial score (nSPS) is 15.4. The lowest BCUT2D eigenvalue weighted by Crippen LogP contribution is -2.25. The van der Waals surface area contributed by atoms with E-state index in [4.69, 9.17) is 0 Å². The highest BCUT2D eigenvalue weighted by Gasteiger charge is 2.20. The summed E-state index contributed by atoms with van der Waals surface area (Å²) in [7, 11) is -3.36. The molecule has 112 valence electrons. The van der Waals surface area contributed by atoms with Crippen LogP contribution >= 0.6 is 0 Å². The molecule has 1 fully saturated rings. The fraction of sp³-hybridized carbons (Fsp3) is 0.600. The highest BCUT2D eigenvalue weighted by molar-refractivity contribution is 7.89. The second-order valence-electron chi connectivity index (χ2n) is 5.41. The van der Waals surface area contributed by atoms with Crippen molar-refractivity contribution in [1.29, 1.82) is 0 Å². The molecule has 0 atom stereocenters. The highest BCUT2D eigenvalue weighted by atomic mass is 32.2. The number of nitrogens with one attached hydrogen (secondary N) is 2. The zero-order valence-corrected chi connectivity index (χ0v) is 12.9. The maximum absolute atomic E-state index is 12.2. The first-order valence-corrected chi connectivity index (χ1v) is 8.92. The van der Waals surface area contributed by atoms with Gasteiger partial charge in [0.25, 0.3) is 0 Å². The first-order chi connectivity index (χ1) is 9.62. The number of hydrogen-bond acceptors (Lipinski definition) is 3. The van der Waals surface area contributed by atoms with Gasteiger partial charge in [0, 0.05) is 19.1 Å². The van der Waals surface area contributed by atoms with Gasteiger partial charge in [-0.05, 0) is 37.0 Å². The van der Waals surface area contributed by atoms with Gasteiger partial charge in [0.05, 0.1) is 4.90 Å². The Morgan fingerprint density at radius 1 is 1.25 bits per heavy atom. The van der Waals surface area contributed by atoms with Crippen molar-refractivity contribution in [3.05, 3.63) is 29.8 Å². The summed E-state index contributed by atoms with van der Waals surface area (Å²) < 4.78 is 27.0. The molecule has 2 rings (SSSR count). The van der Waals surface area contributed by atoms with Crippen LogP contribution in [0.4, 0.5) is 0 Å². The lowest BCUT2D eigenvalue weighted by Gasteiger charge is -2.09. The van der Waals surface area contributed by atoms with Crippen molar-refractivity contribution in [2.24, 2.45) is 0 Å². The fourth-order valence-electron chi connectivity index (χ4n) is 2.04. The average Bonchev–Trinajstić information content (AvgIpc) is 3.26. The lowest BCUT2D eigenvalue weighted by atomic mass is 10.2. The minimum atomic E-state index is -3.36. The Kier molecular flexibility index (Phi) is 5.57. The molecule has 1 aliphatic rings. The topological polar surface area (TPSA) is 58.2 Å². The summed E-state index contributed by atoms with van der Waals surface area (Å²) >= 11 is 0. The molecule has 0 aromatic heterocycles. The molecule has 1 aromatic rings. The molecule has 0 aliphatic heterocycles. The summed E-state index contributed by atoms with van der Waals surface area (Å²) in [5, 5.41) is 3.40. The van der Waals surface area contributed by atoms with Gasteiger partial charge in [0.1, 0.15) is 0 Å². The monoisotopic (exact) mass is 296 g/mol. The van der Waals surface area contributed by atoms with Crippen molar-refractivity contribution < 1.29 is 8.42 Å². The Morgan fingerprint density at radius 3 is 2.75 bits per heavy atom. The second-order valence-corrected chi connectivity index (χ2v) is 7.17. The molecule has 5 heteroatoms. The van der Waals surface area contributed by atoms with Gasteiger partial charge >= 0.3 is 0 Å². The summed E-state index contributed by atoms with van der Waals surface area (Å²) in [4.78, 5) is 0.365. The van der Waals surface area contributed by atoms with Crippen LogP contribution in [0.3, 0.4) is 0 Å². The van der Waals surface area contributed by atoms with Gasteiger partial charge in [0.2, 0.25) is 10.0 Å². The maximum atomic E-state index is 12.2. The molecule has 2 N–H and O–H groups in total. The van der Waals surface area contributed by atoms with Gasteiger partial charge < -0.3 is 5.32 Å². The minimum absolute atomic E-state index is 0.365. The quantitative estimate of drug-likeness (QED) is 0.688. The van der Waals surface area contributed by atoms with Crippen LogP contribution in [0.25, 0.3) is 0 Å². The van der Waals surface area contributed by atoms with Gasteiger partial charge in [-0.15, -0.1) is 0 Å². The SMILES string of the molecule is CCCCCNS(=O)(=O)c1cccc(CNC2CC2)c1. The summed E-state index contributed by atoms with van der Waals surface area (Å²) in [6.45, 7) is 3.36. The number of hydrogen-bond donors (Lipinski definition) is 2. The number of benzene rings is 1. The van der Waals surface area contributed by atoms with E-state index in [0.717, 1.165) is 31.4 Å². The Bertz CT molecular complexity index is 524. The number of unbranched alkanes of at least 4 members (excludes halogenated alkanes) is 2. The fourth-order valence-corrected chi connectivity index (χ4v) is 3.18.